The number of hydrogen-bond donors (Lipinski definition) is 6. The number of nitrogens with one attached hydrogen (secondary N) is 5. The summed E-state index contributed by atoms with van der Waals surface area (Å²) in [6.07, 6.45) is 3.68. The van der Waals surface area contributed by atoms with Crippen LogP contribution in [0, 0.1) is 0 Å². The summed E-state index contributed by atoms with van der Waals surface area (Å²) >= 11 is 0. The van der Waals surface area contributed by atoms with Crippen molar-refractivity contribution in [3.05, 3.63) is 24.5 Å². The summed E-state index contributed by atoms with van der Waals surface area (Å²) in [5.41, 5.74) is 12.4. The second-order valence-electron chi connectivity index (χ2n) is 1.72. The van der Waals surface area contributed by atoms with Gasteiger partial charge in [0.05, 0.1) is 0 Å². The average molecular weight is 157 g/mol. The van der Waals surface area contributed by atoms with Gasteiger partial charge in [0.2, 0.25) is 0 Å². The van der Waals surface area contributed by atoms with Crippen LogP contribution < -0.4 is 33.5 Å². The molecule has 0 unspecified atom stereocenters. The molecule has 1 aromatic heterocycles. The molecular formula is C4H11N7. The lowest BCUT2D eigenvalue weighted by atomic mass is 10.7. The van der Waals surface area contributed by atoms with E-state index in [4.69, 9.17) is 5.84 Å². The molecule has 1 heterocycles. The lowest BCUT2D eigenvalue weighted by molar-refractivity contribution is 0.381. The van der Waals surface area contributed by atoms with Gasteiger partial charge in [0.15, 0.2) is 0 Å². The first kappa shape index (κ1) is 7.98. The van der Waals surface area contributed by atoms with Crippen LogP contribution in [0.5, 0.6) is 0 Å². The quantitative estimate of drug-likeness (QED) is 0.167. The molecule has 0 aliphatic rings. The van der Waals surface area contributed by atoms with Gasteiger partial charge in [-0.15, -0.1) is 5.53 Å². The highest BCUT2D eigenvalue weighted by Crippen LogP contribution is 1.81. The van der Waals surface area contributed by atoms with E-state index in [-0.39, 0.29) is 0 Å². The summed E-state index contributed by atoms with van der Waals surface area (Å²) in [6.45, 7) is 0. The van der Waals surface area contributed by atoms with Crippen molar-refractivity contribution in [3.8, 4) is 0 Å². The molecule has 0 aromatic carbocycles. The Morgan fingerprint density at radius 2 is 1.73 bits per heavy atom. The van der Waals surface area contributed by atoms with Crippen molar-refractivity contribution in [1.82, 2.24) is 26.8 Å². The highest BCUT2D eigenvalue weighted by molar-refractivity contribution is 4.91. The molecule has 7 heteroatoms. The van der Waals surface area contributed by atoms with Crippen molar-refractivity contribution < 1.29 is 0 Å². The van der Waals surface area contributed by atoms with E-state index in [0.717, 1.165) is 0 Å². The van der Waals surface area contributed by atoms with Gasteiger partial charge >= 0.3 is 0 Å². The fraction of sp³-hybridized carbons (Fsp3) is 0. The molecule has 1 aromatic rings. The van der Waals surface area contributed by atoms with E-state index in [1.54, 1.807) is 4.68 Å². The summed E-state index contributed by atoms with van der Waals surface area (Å²) < 4.78 is 1.71. The smallest absolute Gasteiger partial charge is 0.0273 e. The molecule has 0 saturated carbocycles. The van der Waals surface area contributed by atoms with Crippen molar-refractivity contribution in [2.45, 2.75) is 0 Å². The van der Waals surface area contributed by atoms with Crippen LogP contribution in [0.4, 0.5) is 0 Å². The molecule has 0 fully saturated rings. The molecule has 0 atom stereocenters. The van der Waals surface area contributed by atoms with Crippen LogP contribution in [-0.2, 0) is 0 Å². The van der Waals surface area contributed by atoms with Crippen LogP contribution in [0.25, 0.3) is 0 Å². The van der Waals surface area contributed by atoms with Gasteiger partial charge in [-0.05, 0) is 12.1 Å². The lowest BCUT2D eigenvalue weighted by Crippen LogP contribution is -2.56. The van der Waals surface area contributed by atoms with Gasteiger partial charge in [-0.25, -0.2) is 5.53 Å². The van der Waals surface area contributed by atoms with E-state index >= 15 is 0 Å². The number of hydrazine groups is 5. The molecule has 0 spiro atoms. The van der Waals surface area contributed by atoms with Gasteiger partial charge in [-0.1, -0.05) is 0 Å². The first-order chi connectivity index (χ1) is 5.43. The van der Waals surface area contributed by atoms with Gasteiger partial charge in [0, 0.05) is 12.4 Å². The minimum Gasteiger partial charge on any atom is -0.260 e. The zero-order valence-corrected chi connectivity index (χ0v) is 5.83. The Hall–Kier alpha value is -1.12. The number of rotatable bonds is 5. The van der Waals surface area contributed by atoms with Crippen LogP contribution in [0.2, 0.25) is 0 Å². The Balaban J connectivity index is 2.04. The normalized spacial score (nSPS) is 9.91. The average Bonchev–Trinajstić information content (AvgIpc) is 2.50. The molecule has 0 radical (unpaired) electrons. The van der Waals surface area contributed by atoms with Gasteiger partial charge in [0.1, 0.15) is 0 Å². The fourth-order valence-corrected chi connectivity index (χ4v) is 0.569. The lowest BCUT2D eigenvalue weighted by Gasteiger charge is -2.09. The maximum absolute atomic E-state index is 4.89. The van der Waals surface area contributed by atoms with Crippen LogP contribution in [0.3, 0.4) is 0 Å². The summed E-state index contributed by atoms with van der Waals surface area (Å²) in [5.74, 6) is 4.89. The van der Waals surface area contributed by atoms with Gasteiger partial charge < -0.3 is 0 Å². The van der Waals surface area contributed by atoms with Crippen molar-refractivity contribution >= 4 is 0 Å². The SMILES string of the molecule is NNNNNNn1cccc1. The van der Waals surface area contributed by atoms with Crippen molar-refractivity contribution in [3.63, 3.8) is 0 Å². The molecule has 0 aliphatic carbocycles. The van der Waals surface area contributed by atoms with Crippen molar-refractivity contribution in [2.75, 3.05) is 5.53 Å². The third-order valence-corrected chi connectivity index (χ3v) is 0.987. The maximum Gasteiger partial charge on any atom is 0.0273 e. The van der Waals surface area contributed by atoms with Crippen LogP contribution in [-0.4, -0.2) is 4.68 Å². The van der Waals surface area contributed by atoms with E-state index in [1.807, 2.05) is 24.5 Å². The van der Waals surface area contributed by atoms with Crippen LogP contribution in [0.15, 0.2) is 24.5 Å². The predicted molar refractivity (Wildman–Crippen MR) is 40.5 cm³/mol. The molecule has 7 N–H and O–H groups in total. The number of aromatic nitrogens is 1. The topological polar surface area (TPSA) is 91.1 Å². The zero-order valence-electron chi connectivity index (χ0n) is 5.83. The number of nitrogens with zero attached hydrogens (tertiary/aromatic N) is 1. The number of hydrogen-bond acceptors (Lipinski definition) is 6. The molecule has 62 valence electrons. The molecule has 0 bridgehead atoms. The first-order valence-corrected chi connectivity index (χ1v) is 3.03. The largest absolute Gasteiger partial charge is 0.260 e. The summed E-state index contributed by atoms with van der Waals surface area (Å²) in [5, 5.41) is 0. The third-order valence-electron chi connectivity index (χ3n) is 0.987. The zero-order chi connectivity index (χ0) is 7.94. The minimum absolute atomic E-state index is 1.71. The van der Waals surface area contributed by atoms with E-state index in [1.165, 1.54) is 0 Å². The second-order valence-corrected chi connectivity index (χ2v) is 1.72. The maximum atomic E-state index is 4.89. The van der Waals surface area contributed by atoms with E-state index in [0.29, 0.717) is 0 Å². The molecule has 11 heavy (non-hydrogen) atoms. The molecule has 7 nitrogen and oxygen atoms in total. The Bertz CT molecular complexity index is 171. The number of nitrogens with two attached hydrogens (primary N) is 1. The van der Waals surface area contributed by atoms with Crippen molar-refractivity contribution in [1.29, 1.82) is 0 Å². The fourth-order valence-electron chi connectivity index (χ4n) is 0.569. The molecular weight excluding hydrogens is 146 g/mol. The van der Waals surface area contributed by atoms with Crippen LogP contribution in [0.1, 0.15) is 0 Å². The predicted octanol–water partition coefficient (Wildman–Crippen LogP) is -2.08. The van der Waals surface area contributed by atoms with Gasteiger partial charge in [0.25, 0.3) is 0 Å². The first-order valence-electron chi connectivity index (χ1n) is 3.03. The second kappa shape index (κ2) is 4.66. The molecule has 1 rings (SSSR count). The highest BCUT2D eigenvalue weighted by Gasteiger charge is 1.81. The third kappa shape index (κ3) is 2.98. The molecule has 0 saturated heterocycles. The summed E-state index contributed by atoms with van der Waals surface area (Å²) in [6, 6.07) is 3.78. The summed E-state index contributed by atoms with van der Waals surface area (Å²) in [7, 11) is 0. The van der Waals surface area contributed by atoms with Gasteiger partial charge in [-0.2, -0.15) is 16.6 Å². The van der Waals surface area contributed by atoms with Crippen LogP contribution >= 0.6 is 0 Å². The Kier molecular flexibility index (Phi) is 3.38. The monoisotopic (exact) mass is 157 g/mol. The van der Waals surface area contributed by atoms with Gasteiger partial charge in [-0.3, -0.25) is 10.5 Å². The Morgan fingerprint density at radius 3 is 2.36 bits per heavy atom. The molecule has 0 aliphatic heterocycles. The van der Waals surface area contributed by atoms with E-state index in [9.17, 15) is 0 Å². The summed E-state index contributed by atoms with van der Waals surface area (Å²) in [4.78, 5) is 0. The Morgan fingerprint density at radius 1 is 1.00 bits per heavy atom. The van der Waals surface area contributed by atoms with E-state index < -0.39 is 0 Å². The molecule has 0 amide bonds. The minimum atomic E-state index is 1.71. The standard InChI is InChI=1S/C4H11N7/c5-6-7-8-9-10-11-3-1-2-4-11/h1-4,6-10H,5H2. The Labute approximate surface area is 63.8 Å². The highest BCUT2D eigenvalue weighted by atomic mass is 15.9. The van der Waals surface area contributed by atoms with E-state index in [2.05, 4.69) is 27.7 Å². The van der Waals surface area contributed by atoms with Crippen molar-refractivity contribution in [2.24, 2.45) is 5.84 Å².